The van der Waals surface area contributed by atoms with Gasteiger partial charge in [0.1, 0.15) is 0 Å². The third kappa shape index (κ3) is 2.55. The van der Waals surface area contributed by atoms with Crippen LogP contribution in [0.15, 0.2) is 60.9 Å². The predicted molar refractivity (Wildman–Crippen MR) is 78.0 cm³/mol. The van der Waals surface area contributed by atoms with Gasteiger partial charge in [0.2, 0.25) is 0 Å². The largest absolute Gasteiger partial charge is 0.378 e. The highest BCUT2D eigenvalue weighted by Crippen LogP contribution is 2.21. The number of benzene rings is 2. The number of fused-ring (bicyclic) bond motifs is 1. The van der Waals surface area contributed by atoms with Crippen LogP contribution in [0.25, 0.3) is 11.0 Å². The summed E-state index contributed by atoms with van der Waals surface area (Å²) >= 11 is 0. The zero-order valence-corrected chi connectivity index (χ0v) is 10.7. The van der Waals surface area contributed by atoms with Crippen molar-refractivity contribution < 1.29 is 0 Å². The van der Waals surface area contributed by atoms with E-state index < -0.39 is 0 Å². The summed E-state index contributed by atoms with van der Waals surface area (Å²) in [6.07, 6.45) is 3.43. The molecule has 1 N–H and O–H groups in total. The van der Waals surface area contributed by atoms with E-state index in [0.717, 1.165) is 16.7 Å². The van der Waals surface area contributed by atoms with Crippen molar-refractivity contribution >= 4 is 16.7 Å². The van der Waals surface area contributed by atoms with Crippen LogP contribution in [0.5, 0.6) is 0 Å². The van der Waals surface area contributed by atoms with Crippen LogP contribution >= 0.6 is 0 Å². The zero-order valence-electron chi connectivity index (χ0n) is 10.7. The molecule has 3 heteroatoms. The number of nitrogens with zero attached hydrogens (tertiary/aromatic N) is 2. The van der Waals surface area contributed by atoms with Gasteiger partial charge in [-0.05, 0) is 30.7 Å². The standard InChI is InChI=1S/C16H15N3/c1-12(13-5-3-2-4-6-13)19-14-7-8-15-16(11-14)18-10-9-17-15/h2-12,19H,1H3. The minimum absolute atomic E-state index is 0.260. The molecule has 0 bridgehead atoms. The summed E-state index contributed by atoms with van der Waals surface area (Å²) in [4.78, 5) is 8.59. The SMILES string of the molecule is CC(Nc1ccc2nccnc2c1)c1ccccc1. The van der Waals surface area contributed by atoms with Crippen molar-refractivity contribution in [1.82, 2.24) is 9.97 Å². The summed E-state index contributed by atoms with van der Waals surface area (Å²) in [6.45, 7) is 2.15. The molecule has 0 radical (unpaired) electrons. The Morgan fingerprint density at radius 2 is 1.63 bits per heavy atom. The van der Waals surface area contributed by atoms with Gasteiger partial charge in [-0.1, -0.05) is 30.3 Å². The summed E-state index contributed by atoms with van der Waals surface area (Å²) in [7, 11) is 0. The van der Waals surface area contributed by atoms with Gasteiger partial charge in [-0.3, -0.25) is 9.97 Å². The fourth-order valence-corrected chi connectivity index (χ4v) is 2.13. The molecule has 1 heterocycles. The van der Waals surface area contributed by atoms with Crippen molar-refractivity contribution in [2.75, 3.05) is 5.32 Å². The van der Waals surface area contributed by atoms with Crippen LogP contribution in [-0.4, -0.2) is 9.97 Å². The lowest BCUT2D eigenvalue weighted by molar-refractivity contribution is 0.885. The van der Waals surface area contributed by atoms with Crippen molar-refractivity contribution in [2.24, 2.45) is 0 Å². The van der Waals surface area contributed by atoms with Gasteiger partial charge < -0.3 is 5.32 Å². The maximum Gasteiger partial charge on any atom is 0.0907 e. The lowest BCUT2D eigenvalue weighted by Crippen LogP contribution is -2.06. The van der Waals surface area contributed by atoms with Crippen LogP contribution in [0.3, 0.4) is 0 Å². The fraction of sp³-hybridized carbons (Fsp3) is 0.125. The van der Waals surface area contributed by atoms with Crippen LogP contribution in [0, 0.1) is 0 Å². The lowest BCUT2D eigenvalue weighted by atomic mass is 10.1. The monoisotopic (exact) mass is 249 g/mol. The first-order valence-corrected chi connectivity index (χ1v) is 6.35. The topological polar surface area (TPSA) is 37.8 Å². The third-order valence-electron chi connectivity index (χ3n) is 3.15. The molecule has 19 heavy (non-hydrogen) atoms. The quantitative estimate of drug-likeness (QED) is 0.767. The molecule has 3 nitrogen and oxygen atoms in total. The minimum atomic E-state index is 0.260. The van der Waals surface area contributed by atoms with Crippen molar-refractivity contribution in [3.8, 4) is 0 Å². The normalized spacial score (nSPS) is 12.3. The van der Waals surface area contributed by atoms with E-state index in [4.69, 9.17) is 0 Å². The molecule has 3 rings (SSSR count). The first-order valence-electron chi connectivity index (χ1n) is 6.35. The maximum atomic E-state index is 4.32. The molecule has 0 saturated carbocycles. The molecule has 2 aromatic carbocycles. The summed E-state index contributed by atoms with van der Waals surface area (Å²) in [5.74, 6) is 0. The fourth-order valence-electron chi connectivity index (χ4n) is 2.13. The molecule has 3 aromatic rings. The second kappa shape index (κ2) is 5.06. The Kier molecular flexibility index (Phi) is 3.11. The van der Waals surface area contributed by atoms with E-state index in [2.05, 4.69) is 46.5 Å². The molecule has 0 aliphatic heterocycles. The average Bonchev–Trinajstić information content (AvgIpc) is 2.48. The van der Waals surface area contributed by atoms with Gasteiger partial charge >= 0.3 is 0 Å². The van der Waals surface area contributed by atoms with Crippen LogP contribution in [0.2, 0.25) is 0 Å². The molecule has 1 atom stereocenters. The third-order valence-corrected chi connectivity index (χ3v) is 3.15. The molecule has 0 saturated heterocycles. The van der Waals surface area contributed by atoms with Crippen molar-refractivity contribution in [3.05, 3.63) is 66.5 Å². The second-order valence-corrected chi connectivity index (χ2v) is 4.54. The Morgan fingerprint density at radius 3 is 2.42 bits per heavy atom. The molecular formula is C16H15N3. The Hall–Kier alpha value is -2.42. The van der Waals surface area contributed by atoms with Gasteiger partial charge in [-0.15, -0.1) is 0 Å². The van der Waals surface area contributed by atoms with Gasteiger partial charge in [0.05, 0.1) is 11.0 Å². The molecule has 1 aromatic heterocycles. The summed E-state index contributed by atoms with van der Waals surface area (Å²) in [6, 6.07) is 16.7. The number of aromatic nitrogens is 2. The van der Waals surface area contributed by atoms with Crippen LogP contribution < -0.4 is 5.32 Å². The van der Waals surface area contributed by atoms with Gasteiger partial charge in [0, 0.05) is 24.1 Å². The number of hydrogen-bond donors (Lipinski definition) is 1. The van der Waals surface area contributed by atoms with Crippen LogP contribution in [0.4, 0.5) is 5.69 Å². The van der Waals surface area contributed by atoms with Crippen LogP contribution in [-0.2, 0) is 0 Å². The molecule has 0 amide bonds. The molecule has 0 aliphatic carbocycles. The molecule has 0 aliphatic rings. The van der Waals surface area contributed by atoms with Crippen molar-refractivity contribution in [2.45, 2.75) is 13.0 Å². The smallest absolute Gasteiger partial charge is 0.0907 e. The van der Waals surface area contributed by atoms with Crippen molar-refractivity contribution in [1.29, 1.82) is 0 Å². The van der Waals surface area contributed by atoms with E-state index in [0.29, 0.717) is 0 Å². The van der Waals surface area contributed by atoms with Gasteiger partial charge in [-0.25, -0.2) is 0 Å². The van der Waals surface area contributed by atoms with E-state index in [-0.39, 0.29) is 6.04 Å². The molecule has 1 unspecified atom stereocenters. The first-order chi connectivity index (χ1) is 9.33. The Balaban J connectivity index is 1.85. The second-order valence-electron chi connectivity index (χ2n) is 4.54. The zero-order chi connectivity index (χ0) is 13.1. The predicted octanol–water partition coefficient (Wildman–Crippen LogP) is 3.80. The van der Waals surface area contributed by atoms with E-state index in [1.165, 1.54) is 5.56 Å². The molecule has 94 valence electrons. The van der Waals surface area contributed by atoms with Crippen LogP contribution in [0.1, 0.15) is 18.5 Å². The van der Waals surface area contributed by atoms with E-state index in [1.54, 1.807) is 12.4 Å². The van der Waals surface area contributed by atoms with Gasteiger partial charge in [-0.2, -0.15) is 0 Å². The maximum absolute atomic E-state index is 4.32. The van der Waals surface area contributed by atoms with E-state index in [9.17, 15) is 0 Å². The highest BCUT2D eigenvalue weighted by Gasteiger charge is 2.05. The number of rotatable bonds is 3. The Labute approximate surface area is 112 Å². The highest BCUT2D eigenvalue weighted by molar-refractivity contribution is 5.78. The Bertz CT molecular complexity index is 680. The van der Waals surface area contributed by atoms with E-state index >= 15 is 0 Å². The van der Waals surface area contributed by atoms with Gasteiger partial charge in [0.25, 0.3) is 0 Å². The first kappa shape index (κ1) is 11.7. The summed E-state index contributed by atoms with van der Waals surface area (Å²) in [5.41, 5.74) is 4.15. The summed E-state index contributed by atoms with van der Waals surface area (Å²) in [5, 5.41) is 3.48. The molecule has 0 spiro atoms. The van der Waals surface area contributed by atoms with Crippen molar-refractivity contribution in [3.63, 3.8) is 0 Å². The lowest BCUT2D eigenvalue weighted by Gasteiger charge is -2.15. The summed E-state index contributed by atoms with van der Waals surface area (Å²) < 4.78 is 0. The molecule has 0 fully saturated rings. The molecular weight excluding hydrogens is 234 g/mol. The Morgan fingerprint density at radius 1 is 0.895 bits per heavy atom. The number of anilines is 1. The van der Waals surface area contributed by atoms with Gasteiger partial charge in [0.15, 0.2) is 0 Å². The number of nitrogens with one attached hydrogen (secondary N) is 1. The van der Waals surface area contributed by atoms with E-state index in [1.807, 2.05) is 24.3 Å². The average molecular weight is 249 g/mol. The minimum Gasteiger partial charge on any atom is -0.378 e. The highest BCUT2D eigenvalue weighted by atomic mass is 14.9. The number of hydrogen-bond acceptors (Lipinski definition) is 3.